The zero-order valence-corrected chi connectivity index (χ0v) is 18.3. The van der Waals surface area contributed by atoms with Crippen LogP contribution >= 0.6 is 0 Å². The number of rotatable bonds is 9. The number of carbonyl (C=O) groups excluding carboxylic acids is 2. The molecule has 2 amide bonds. The maximum Gasteiger partial charge on any atom is 0.408 e. The Labute approximate surface area is 187 Å². The van der Waals surface area contributed by atoms with Crippen LogP contribution in [0.4, 0.5) is 4.79 Å². The number of carboxylic acid groups (broad SMARTS) is 1. The molecule has 1 unspecified atom stereocenters. The van der Waals surface area contributed by atoms with E-state index in [0.717, 1.165) is 22.3 Å². The fourth-order valence-electron chi connectivity index (χ4n) is 3.83. The smallest absolute Gasteiger partial charge is 0.408 e. The minimum absolute atomic E-state index is 0.0969. The Hall–Kier alpha value is -3.61. The highest BCUT2D eigenvalue weighted by atomic mass is 16.5. The third-order valence-electron chi connectivity index (χ3n) is 5.59. The first-order chi connectivity index (χ1) is 15.2. The lowest BCUT2D eigenvalue weighted by Gasteiger charge is -2.27. The normalized spacial score (nSPS) is 13.4. The van der Waals surface area contributed by atoms with Gasteiger partial charge in [0, 0.05) is 5.92 Å². The molecule has 168 valence electrons. The van der Waals surface area contributed by atoms with E-state index in [-0.39, 0.29) is 18.9 Å². The summed E-state index contributed by atoms with van der Waals surface area (Å²) in [5.41, 5.74) is 3.06. The van der Waals surface area contributed by atoms with E-state index in [2.05, 4.69) is 17.2 Å². The number of carbonyl (C=O) groups is 3. The molecule has 7 nitrogen and oxygen atoms in total. The van der Waals surface area contributed by atoms with E-state index in [1.54, 1.807) is 6.08 Å². The van der Waals surface area contributed by atoms with Crippen molar-refractivity contribution < 1.29 is 24.2 Å². The van der Waals surface area contributed by atoms with Crippen molar-refractivity contribution in [1.82, 2.24) is 10.6 Å². The summed E-state index contributed by atoms with van der Waals surface area (Å²) in [5, 5.41) is 14.3. The van der Waals surface area contributed by atoms with Crippen molar-refractivity contribution in [1.29, 1.82) is 0 Å². The molecule has 1 aliphatic carbocycles. The number of carboxylic acids is 1. The second kappa shape index (κ2) is 9.68. The van der Waals surface area contributed by atoms with Crippen LogP contribution < -0.4 is 10.6 Å². The number of benzene rings is 2. The van der Waals surface area contributed by atoms with Crippen LogP contribution in [-0.2, 0) is 14.3 Å². The predicted octanol–water partition coefficient (Wildman–Crippen LogP) is 3.84. The quantitative estimate of drug-likeness (QED) is 0.518. The van der Waals surface area contributed by atoms with Crippen LogP contribution in [0.3, 0.4) is 0 Å². The van der Waals surface area contributed by atoms with Crippen LogP contribution in [0.2, 0.25) is 0 Å². The average molecular weight is 437 g/mol. The SMILES string of the molecule is C=CCCC(NC(=O)C(C)(C)NC(=O)OCC1c2ccccc2-c2ccccc21)C(=O)O. The van der Waals surface area contributed by atoms with Crippen molar-refractivity contribution in [2.75, 3.05) is 6.61 Å². The number of ether oxygens (including phenoxy) is 1. The third kappa shape index (κ3) is 4.99. The van der Waals surface area contributed by atoms with Crippen LogP contribution in [0, 0.1) is 0 Å². The van der Waals surface area contributed by atoms with E-state index in [4.69, 9.17) is 4.74 Å². The van der Waals surface area contributed by atoms with Crippen molar-refractivity contribution in [3.63, 3.8) is 0 Å². The summed E-state index contributed by atoms with van der Waals surface area (Å²) in [4.78, 5) is 36.5. The second-order valence-electron chi connectivity index (χ2n) is 8.31. The first-order valence-corrected chi connectivity index (χ1v) is 10.5. The first kappa shape index (κ1) is 23.1. The summed E-state index contributed by atoms with van der Waals surface area (Å²) in [7, 11) is 0. The number of alkyl carbamates (subject to hydrolysis) is 1. The highest BCUT2D eigenvalue weighted by Crippen LogP contribution is 2.44. The van der Waals surface area contributed by atoms with E-state index < -0.39 is 29.6 Å². The van der Waals surface area contributed by atoms with Gasteiger partial charge in [0.1, 0.15) is 18.2 Å². The lowest BCUT2D eigenvalue weighted by Crippen LogP contribution is -2.58. The molecule has 0 fully saturated rings. The van der Waals surface area contributed by atoms with Gasteiger partial charge in [-0.2, -0.15) is 0 Å². The van der Waals surface area contributed by atoms with Crippen LogP contribution in [0.5, 0.6) is 0 Å². The van der Waals surface area contributed by atoms with Gasteiger partial charge in [-0.15, -0.1) is 6.58 Å². The molecule has 0 bridgehead atoms. The highest BCUT2D eigenvalue weighted by molar-refractivity contribution is 5.92. The van der Waals surface area contributed by atoms with Gasteiger partial charge in [-0.25, -0.2) is 9.59 Å². The van der Waals surface area contributed by atoms with Crippen molar-refractivity contribution in [2.24, 2.45) is 0 Å². The van der Waals surface area contributed by atoms with Crippen LogP contribution in [0.25, 0.3) is 11.1 Å². The highest BCUT2D eigenvalue weighted by Gasteiger charge is 2.34. The van der Waals surface area contributed by atoms with Crippen LogP contribution in [0.1, 0.15) is 43.7 Å². The maximum absolute atomic E-state index is 12.6. The van der Waals surface area contributed by atoms with E-state index in [9.17, 15) is 19.5 Å². The Morgan fingerprint density at radius 3 is 2.19 bits per heavy atom. The molecule has 0 aliphatic heterocycles. The lowest BCUT2D eigenvalue weighted by molar-refractivity contribution is -0.142. The molecular weight excluding hydrogens is 408 g/mol. The molecule has 7 heteroatoms. The molecule has 32 heavy (non-hydrogen) atoms. The van der Waals surface area contributed by atoms with Gasteiger partial charge in [-0.05, 0) is 48.9 Å². The number of nitrogens with one attached hydrogen (secondary N) is 2. The molecule has 1 atom stereocenters. The number of aliphatic carboxylic acids is 1. The van der Waals surface area contributed by atoms with Gasteiger partial charge in [0.05, 0.1) is 0 Å². The Bertz CT molecular complexity index is 985. The third-order valence-corrected chi connectivity index (χ3v) is 5.59. The Balaban J connectivity index is 1.62. The van der Waals surface area contributed by atoms with Crippen LogP contribution in [-0.4, -0.2) is 41.3 Å². The Morgan fingerprint density at radius 2 is 1.66 bits per heavy atom. The van der Waals surface area contributed by atoms with Crippen molar-refractivity contribution in [2.45, 2.75) is 44.2 Å². The lowest BCUT2D eigenvalue weighted by atomic mass is 9.98. The van der Waals surface area contributed by atoms with E-state index in [1.807, 2.05) is 48.5 Å². The van der Waals surface area contributed by atoms with Crippen molar-refractivity contribution in [3.05, 3.63) is 72.3 Å². The standard InChI is InChI=1S/C25H28N2O5/c1-4-5-14-21(22(28)29)26-23(30)25(2,3)27-24(31)32-15-20-18-12-8-6-10-16(18)17-11-7-9-13-19(17)20/h4,6-13,20-21H,1,5,14-15H2,2-3H3,(H,26,30)(H,27,31)(H,28,29). The molecule has 1 aliphatic rings. The van der Waals surface area contributed by atoms with E-state index in [0.29, 0.717) is 6.42 Å². The van der Waals surface area contributed by atoms with Gasteiger partial charge in [0.25, 0.3) is 0 Å². The largest absolute Gasteiger partial charge is 0.480 e. The molecular formula is C25H28N2O5. The summed E-state index contributed by atoms with van der Waals surface area (Å²) in [6.07, 6.45) is 1.50. The fourth-order valence-corrected chi connectivity index (χ4v) is 3.83. The molecule has 0 saturated carbocycles. The number of hydrogen-bond donors (Lipinski definition) is 3. The van der Waals surface area contributed by atoms with Gasteiger partial charge < -0.3 is 20.5 Å². The number of allylic oxidation sites excluding steroid dienone is 1. The minimum atomic E-state index is -1.36. The predicted molar refractivity (Wildman–Crippen MR) is 121 cm³/mol. The molecule has 2 aromatic carbocycles. The summed E-state index contributed by atoms with van der Waals surface area (Å²) < 4.78 is 5.48. The first-order valence-electron chi connectivity index (χ1n) is 10.5. The van der Waals surface area contributed by atoms with E-state index in [1.165, 1.54) is 13.8 Å². The fraction of sp³-hybridized carbons (Fsp3) is 0.320. The maximum atomic E-state index is 12.6. The zero-order valence-electron chi connectivity index (χ0n) is 18.3. The van der Waals surface area contributed by atoms with Gasteiger partial charge in [-0.1, -0.05) is 54.6 Å². The summed E-state index contributed by atoms with van der Waals surface area (Å²) >= 11 is 0. The Morgan fingerprint density at radius 1 is 1.09 bits per heavy atom. The molecule has 0 spiro atoms. The molecule has 3 N–H and O–H groups in total. The zero-order chi connectivity index (χ0) is 23.3. The molecule has 0 heterocycles. The number of hydrogen-bond acceptors (Lipinski definition) is 4. The molecule has 0 aromatic heterocycles. The van der Waals surface area contributed by atoms with Crippen LogP contribution in [0.15, 0.2) is 61.2 Å². The average Bonchev–Trinajstić information content (AvgIpc) is 3.08. The number of amides is 2. The van der Waals surface area contributed by atoms with Crippen molar-refractivity contribution in [3.8, 4) is 11.1 Å². The molecule has 2 aromatic rings. The van der Waals surface area contributed by atoms with Gasteiger partial charge in [0.15, 0.2) is 0 Å². The monoisotopic (exact) mass is 436 g/mol. The van der Waals surface area contributed by atoms with Gasteiger partial charge in [0.2, 0.25) is 5.91 Å². The van der Waals surface area contributed by atoms with Gasteiger partial charge in [-0.3, -0.25) is 4.79 Å². The van der Waals surface area contributed by atoms with E-state index >= 15 is 0 Å². The minimum Gasteiger partial charge on any atom is -0.480 e. The molecule has 3 rings (SSSR count). The molecule has 0 saturated heterocycles. The summed E-state index contributed by atoms with van der Waals surface area (Å²) in [6.45, 7) is 6.67. The van der Waals surface area contributed by atoms with Gasteiger partial charge >= 0.3 is 12.1 Å². The summed E-state index contributed by atoms with van der Waals surface area (Å²) in [6, 6.07) is 14.9. The summed E-state index contributed by atoms with van der Waals surface area (Å²) in [5.74, 6) is -1.85. The Kier molecular flexibility index (Phi) is 6.98. The topological polar surface area (TPSA) is 105 Å². The molecule has 0 radical (unpaired) electrons. The van der Waals surface area contributed by atoms with Crippen molar-refractivity contribution >= 4 is 18.0 Å². The second-order valence-corrected chi connectivity index (χ2v) is 8.31. The number of fused-ring (bicyclic) bond motifs is 3.